The zero-order chi connectivity index (χ0) is 17.7. The fourth-order valence-corrected chi connectivity index (χ4v) is 2.88. The van der Waals surface area contributed by atoms with Crippen LogP contribution in [0.1, 0.15) is 35.4 Å². The van der Waals surface area contributed by atoms with Gasteiger partial charge >= 0.3 is 0 Å². The largest absolute Gasteiger partial charge is 0.497 e. The Morgan fingerprint density at radius 2 is 2.04 bits per heavy atom. The monoisotopic (exact) mass is 331 g/mol. The standard InChI is InChI=1S/C18H25N3O3/c1-11(17-12(2)20-21-13(17)3)18(22)19-9-8-14-10-15(23-4)6-7-16(14)24-5/h6-7,10-11H,8-9H2,1-5H3,(H,19,22)(H,20,21). The molecule has 24 heavy (non-hydrogen) atoms. The number of hydrogen-bond acceptors (Lipinski definition) is 4. The van der Waals surface area contributed by atoms with Gasteiger partial charge in [0.2, 0.25) is 5.91 Å². The number of ether oxygens (including phenoxy) is 2. The molecule has 0 spiro atoms. The number of benzene rings is 1. The van der Waals surface area contributed by atoms with Crippen molar-refractivity contribution in [1.29, 1.82) is 0 Å². The van der Waals surface area contributed by atoms with Gasteiger partial charge in [-0.05, 0) is 51.0 Å². The SMILES string of the molecule is COc1ccc(OC)c(CCNC(=O)C(C)c2c(C)n[nH]c2C)c1. The number of rotatable bonds is 7. The first-order valence-electron chi connectivity index (χ1n) is 7.98. The molecule has 1 unspecified atom stereocenters. The van der Waals surface area contributed by atoms with E-state index in [9.17, 15) is 4.79 Å². The fraction of sp³-hybridized carbons (Fsp3) is 0.444. The molecule has 2 N–H and O–H groups in total. The molecule has 0 saturated heterocycles. The highest BCUT2D eigenvalue weighted by molar-refractivity contribution is 5.83. The van der Waals surface area contributed by atoms with Crippen molar-refractivity contribution in [3.05, 3.63) is 40.7 Å². The van der Waals surface area contributed by atoms with Crippen LogP contribution in [0.15, 0.2) is 18.2 Å². The number of hydrogen-bond donors (Lipinski definition) is 2. The third kappa shape index (κ3) is 3.88. The van der Waals surface area contributed by atoms with Crippen LogP contribution < -0.4 is 14.8 Å². The highest BCUT2D eigenvalue weighted by atomic mass is 16.5. The molecule has 1 atom stereocenters. The molecule has 0 bridgehead atoms. The van der Waals surface area contributed by atoms with Crippen LogP contribution in [0.25, 0.3) is 0 Å². The molecular formula is C18H25N3O3. The molecule has 2 aromatic rings. The average Bonchev–Trinajstić information content (AvgIpc) is 2.92. The molecule has 1 amide bonds. The molecule has 6 nitrogen and oxygen atoms in total. The van der Waals surface area contributed by atoms with Crippen LogP contribution in [0, 0.1) is 13.8 Å². The van der Waals surface area contributed by atoms with E-state index in [1.807, 2.05) is 39.0 Å². The number of amides is 1. The van der Waals surface area contributed by atoms with E-state index in [1.54, 1.807) is 14.2 Å². The van der Waals surface area contributed by atoms with Gasteiger partial charge in [-0.3, -0.25) is 9.89 Å². The maximum Gasteiger partial charge on any atom is 0.227 e. The summed E-state index contributed by atoms with van der Waals surface area (Å²) in [7, 11) is 3.26. The Bertz CT molecular complexity index is 690. The van der Waals surface area contributed by atoms with Crippen LogP contribution in [0.4, 0.5) is 0 Å². The number of aromatic nitrogens is 2. The van der Waals surface area contributed by atoms with Gasteiger partial charge in [0.25, 0.3) is 0 Å². The van der Waals surface area contributed by atoms with Gasteiger partial charge in [-0.2, -0.15) is 5.10 Å². The van der Waals surface area contributed by atoms with Crippen molar-refractivity contribution in [1.82, 2.24) is 15.5 Å². The van der Waals surface area contributed by atoms with Crippen molar-refractivity contribution >= 4 is 5.91 Å². The number of carbonyl (C=O) groups is 1. The molecular weight excluding hydrogens is 306 g/mol. The zero-order valence-corrected chi connectivity index (χ0v) is 14.9. The van der Waals surface area contributed by atoms with Crippen molar-refractivity contribution in [3.8, 4) is 11.5 Å². The summed E-state index contributed by atoms with van der Waals surface area (Å²) in [5.74, 6) is 1.31. The second kappa shape index (κ2) is 7.86. The summed E-state index contributed by atoms with van der Waals surface area (Å²) < 4.78 is 10.6. The van der Waals surface area contributed by atoms with Gasteiger partial charge in [0, 0.05) is 17.8 Å². The van der Waals surface area contributed by atoms with Crippen LogP contribution in [-0.2, 0) is 11.2 Å². The van der Waals surface area contributed by atoms with Crippen molar-refractivity contribution in [2.24, 2.45) is 0 Å². The van der Waals surface area contributed by atoms with Gasteiger partial charge in [0.05, 0.1) is 25.8 Å². The van der Waals surface area contributed by atoms with Crippen LogP contribution in [-0.4, -0.2) is 36.9 Å². The predicted octanol–water partition coefficient (Wildman–Crippen LogP) is 2.51. The number of H-pyrrole nitrogens is 1. The smallest absolute Gasteiger partial charge is 0.227 e. The van der Waals surface area contributed by atoms with Crippen molar-refractivity contribution in [3.63, 3.8) is 0 Å². The normalized spacial score (nSPS) is 11.9. The number of aromatic amines is 1. The molecule has 0 saturated carbocycles. The summed E-state index contributed by atoms with van der Waals surface area (Å²) in [6.45, 7) is 6.26. The molecule has 0 aliphatic heterocycles. The lowest BCUT2D eigenvalue weighted by molar-refractivity contribution is -0.122. The topological polar surface area (TPSA) is 76.2 Å². The Balaban J connectivity index is 1.98. The molecule has 0 aliphatic rings. The van der Waals surface area contributed by atoms with Crippen LogP contribution in [0.5, 0.6) is 11.5 Å². The zero-order valence-electron chi connectivity index (χ0n) is 14.9. The Morgan fingerprint density at radius 1 is 1.29 bits per heavy atom. The third-order valence-corrected chi connectivity index (χ3v) is 4.19. The van der Waals surface area contributed by atoms with Gasteiger partial charge in [-0.15, -0.1) is 0 Å². The van der Waals surface area contributed by atoms with Gasteiger partial charge < -0.3 is 14.8 Å². The second-order valence-electron chi connectivity index (χ2n) is 5.79. The number of nitrogens with zero attached hydrogens (tertiary/aromatic N) is 1. The predicted molar refractivity (Wildman–Crippen MR) is 92.7 cm³/mol. The Kier molecular flexibility index (Phi) is 5.84. The lowest BCUT2D eigenvalue weighted by Gasteiger charge is -2.14. The molecule has 1 aromatic heterocycles. The van der Waals surface area contributed by atoms with E-state index in [0.717, 1.165) is 34.0 Å². The van der Waals surface area contributed by atoms with Gasteiger partial charge in [0.15, 0.2) is 0 Å². The lowest BCUT2D eigenvalue weighted by Crippen LogP contribution is -2.30. The number of nitrogens with one attached hydrogen (secondary N) is 2. The van der Waals surface area contributed by atoms with E-state index < -0.39 is 0 Å². The Hall–Kier alpha value is -2.50. The summed E-state index contributed by atoms with van der Waals surface area (Å²) >= 11 is 0. The number of aryl methyl sites for hydroxylation is 2. The summed E-state index contributed by atoms with van der Waals surface area (Å²) in [5, 5.41) is 10.1. The van der Waals surface area contributed by atoms with Crippen LogP contribution in [0.2, 0.25) is 0 Å². The fourth-order valence-electron chi connectivity index (χ4n) is 2.88. The van der Waals surface area contributed by atoms with Crippen LogP contribution in [0.3, 0.4) is 0 Å². The first kappa shape index (κ1) is 17.8. The minimum Gasteiger partial charge on any atom is -0.497 e. The molecule has 130 valence electrons. The molecule has 0 fully saturated rings. The molecule has 6 heteroatoms. The van der Waals surface area contributed by atoms with Crippen LogP contribution >= 0.6 is 0 Å². The van der Waals surface area contributed by atoms with Gasteiger partial charge in [-0.25, -0.2) is 0 Å². The van der Waals surface area contributed by atoms with E-state index in [-0.39, 0.29) is 11.8 Å². The first-order chi connectivity index (χ1) is 11.5. The molecule has 0 aliphatic carbocycles. The minimum atomic E-state index is -0.240. The first-order valence-corrected chi connectivity index (χ1v) is 7.98. The van der Waals surface area contributed by atoms with E-state index in [4.69, 9.17) is 9.47 Å². The quantitative estimate of drug-likeness (QED) is 0.817. The Morgan fingerprint density at radius 3 is 2.62 bits per heavy atom. The second-order valence-corrected chi connectivity index (χ2v) is 5.79. The lowest BCUT2D eigenvalue weighted by atomic mass is 9.98. The van der Waals surface area contributed by atoms with Gasteiger partial charge in [-0.1, -0.05) is 0 Å². The molecule has 0 radical (unpaired) electrons. The maximum absolute atomic E-state index is 12.4. The summed E-state index contributed by atoms with van der Waals surface area (Å²) in [4.78, 5) is 12.4. The average molecular weight is 331 g/mol. The summed E-state index contributed by atoms with van der Waals surface area (Å²) in [6, 6.07) is 5.66. The molecule has 1 aromatic carbocycles. The number of carbonyl (C=O) groups excluding carboxylic acids is 1. The highest BCUT2D eigenvalue weighted by Crippen LogP contribution is 2.24. The van der Waals surface area contributed by atoms with E-state index in [0.29, 0.717) is 13.0 Å². The van der Waals surface area contributed by atoms with Gasteiger partial charge in [0.1, 0.15) is 11.5 Å². The highest BCUT2D eigenvalue weighted by Gasteiger charge is 2.21. The minimum absolute atomic E-state index is 0.00976. The van der Waals surface area contributed by atoms with Crippen molar-refractivity contribution in [2.75, 3.05) is 20.8 Å². The van der Waals surface area contributed by atoms with E-state index in [2.05, 4.69) is 15.5 Å². The third-order valence-electron chi connectivity index (χ3n) is 4.19. The Labute approximate surface area is 142 Å². The number of methoxy groups -OCH3 is 2. The molecule has 2 rings (SSSR count). The van der Waals surface area contributed by atoms with Crippen molar-refractivity contribution in [2.45, 2.75) is 33.1 Å². The van der Waals surface area contributed by atoms with E-state index in [1.165, 1.54) is 0 Å². The van der Waals surface area contributed by atoms with E-state index >= 15 is 0 Å². The molecule has 1 heterocycles. The summed E-state index contributed by atoms with van der Waals surface area (Å²) in [6.07, 6.45) is 0.669. The van der Waals surface area contributed by atoms with Crippen molar-refractivity contribution < 1.29 is 14.3 Å². The maximum atomic E-state index is 12.4. The summed E-state index contributed by atoms with van der Waals surface area (Å²) in [5.41, 5.74) is 3.76.